The molecule has 0 spiro atoms. The Bertz CT molecular complexity index is 1210. The zero-order chi connectivity index (χ0) is 24.6. The molecule has 1 heterocycles. The summed E-state index contributed by atoms with van der Waals surface area (Å²) in [6.07, 6.45) is 0.930. The van der Waals surface area contributed by atoms with Crippen LogP contribution in [0.1, 0.15) is 42.7 Å². The lowest BCUT2D eigenvalue weighted by Gasteiger charge is -2.36. The van der Waals surface area contributed by atoms with E-state index in [1.54, 1.807) is 26.2 Å². The Morgan fingerprint density at radius 2 is 1.76 bits per heavy atom. The lowest BCUT2D eigenvalue weighted by Crippen LogP contribution is -2.36. The Morgan fingerprint density at radius 3 is 2.38 bits per heavy atom. The molecule has 34 heavy (non-hydrogen) atoms. The van der Waals surface area contributed by atoms with Gasteiger partial charge in [-0.25, -0.2) is 4.79 Å². The topological polar surface area (TPSA) is 94.1 Å². The predicted octanol–water partition coefficient (Wildman–Crippen LogP) is 4.71. The molecular weight excluding hydrogens is 502 g/mol. The largest absolute Gasteiger partial charge is 0.503 e. The number of aromatic hydroxyl groups is 1. The van der Waals surface area contributed by atoms with Crippen molar-refractivity contribution in [1.82, 2.24) is 5.32 Å². The Hall–Kier alpha value is -3.26. The van der Waals surface area contributed by atoms with Crippen LogP contribution in [0.25, 0.3) is 0 Å². The summed E-state index contributed by atoms with van der Waals surface area (Å²) in [6, 6.07) is 11.1. The standard InChI is InChI=1S/C26H26BrNO6/c1-13-22(26(31)34-4)23(16-9-18(27)25(30)21(12-16)33-3)24-19(28-13)10-15(11-20(24)29)14-5-7-17(32-2)8-6-14/h5-9,12,15,23,28,30H,10-11H2,1-4H3/t15-,23+/m0/s1. The number of hydrogen-bond donors (Lipinski definition) is 2. The number of benzene rings is 2. The summed E-state index contributed by atoms with van der Waals surface area (Å²) in [5.41, 5.74) is 4.00. The number of esters is 1. The van der Waals surface area contributed by atoms with Crippen molar-refractivity contribution < 1.29 is 28.9 Å². The maximum absolute atomic E-state index is 13.6. The fraction of sp³-hybridized carbons (Fsp3) is 0.308. The number of methoxy groups -OCH3 is 3. The van der Waals surface area contributed by atoms with Gasteiger partial charge in [0.05, 0.1) is 31.4 Å². The summed E-state index contributed by atoms with van der Waals surface area (Å²) in [5.74, 6) is -0.269. The highest BCUT2D eigenvalue weighted by Gasteiger charge is 2.41. The number of nitrogens with one attached hydrogen (secondary N) is 1. The maximum Gasteiger partial charge on any atom is 0.336 e. The second-order valence-corrected chi connectivity index (χ2v) is 9.19. The first kappa shape index (κ1) is 23.9. The number of ether oxygens (including phenoxy) is 3. The zero-order valence-electron chi connectivity index (χ0n) is 19.4. The highest BCUT2D eigenvalue weighted by molar-refractivity contribution is 9.10. The average molecular weight is 528 g/mol. The van der Waals surface area contributed by atoms with Gasteiger partial charge in [-0.2, -0.15) is 0 Å². The maximum atomic E-state index is 13.6. The molecule has 2 atom stereocenters. The highest BCUT2D eigenvalue weighted by Crippen LogP contribution is 2.48. The zero-order valence-corrected chi connectivity index (χ0v) is 21.0. The molecule has 2 aromatic rings. The van der Waals surface area contributed by atoms with Gasteiger partial charge < -0.3 is 24.6 Å². The van der Waals surface area contributed by atoms with E-state index in [1.807, 2.05) is 24.3 Å². The highest BCUT2D eigenvalue weighted by atomic mass is 79.9. The van der Waals surface area contributed by atoms with E-state index in [9.17, 15) is 14.7 Å². The van der Waals surface area contributed by atoms with Gasteiger partial charge in [0, 0.05) is 29.3 Å². The number of carbonyl (C=O) groups excluding carboxylic acids is 2. The fourth-order valence-electron chi connectivity index (χ4n) is 4.78. The number of phenolic OH excluding ortho intramolecular Hbond substituents is 1. The molecule has 0 radical (unpaired) electrons. The summed E-state index contributed by atoms with van der Waals surface area (Å²) in [6.45, 7) is 1.80. The third-order valence-corrected chi connectivity index (χ3v) is 7.03. The minimum Gasteiger partial charge on any atom is -0.503 e. The molecule has 0 aromatic heterocycles. The number of phenols is 1. The number of hydrogen-bond acceptors (Lipinski definition) is 7. The third kappa shape index (κ3) is 4.18. The van der Waals surface area contributed by atoms with Crippen LogP contribution in [-0.2, 0) is 14.3 Å². The van der Waals surface area contributed by atoms with E-state index in [4.69, 9.17) is 14.2 Å². The molecule has 2 N–H and O–H groups in total. The van der Waals surface area contributed by atoms with E-state index in [0.717, 1.165) is 17.0 Å². The minimum absolute atomic E-state index is 0.00104. The first-order chi connectivity index (χ1) is 16.3. The average Bonchev–Trinajstić information content (AvgIpc) is 2.84. The van der Waals surface area contributed by atoms with Gasteiger partial charge in [-0.3, -0.25) is 4.79 Å². The normalized spacial score (nSPS) is 20.0. The number of allylic oxidation sites excluding steroid dienone is 3. The quantitative estimate of drug-likeness (QED) is 0.543. The van der Waals surface area contributed by atoms with Crippen molar-refractivity contribution in [3.05, 3.63) is 74.5 Å². The van der Waals surface area contributed by atoms with Gasteiger partial charge in [0.2, 0.25) is 0 Å². The molecule has 8 heteroatoms. The summed E-state index contributed by atoms with van der Waals surface area (Å²) in [7, 11) is 4.39. The van der Waals surface area contributed by atoms with Crippen LogP contribution in [0.5, 0.6) is 17.2 Å². The number of Topliss-reactive ketones (excluding diaryl/α,β-unsaturated/α-hetero) is 1. The van der Waals surface area contributed by atoms with E-state index >= 15 is 0 Å². The Morgan fingerprint density at radius 1 is 1.06 bits per heavy atom. The first-order valence-electron chi connectivity index (χ1n) is 10.8. The lowest BCUT2D eigenvalue weighted by atomic mass is 9.71. The van der Waals surface area contributed by atoms with Gasteiger partial charge in [-0.05, 0) is 70.6 Å². The van der Waals surface area contributed by atoms with Crippen molar-refractivity contribution in [1.29, 1.82) is 0 Å². The van der Waals surface area contributed by atoms with Gasteiger partial charge in [0.25, 0.3) is 0 Å². The molecular formula is C26H26BrNO6. The lowest BCUT2D eigenvalue weighted by molar-refractivity contribution is -0.136. The molecule has 0 amide bonds. The molecule has 1 aliphatic heterocycles. The smallest absolute Gasteiger partial charge is 0.336 e. The molecule has 1 aliphatic carbocycles. The van der Waals surface area contributed by atoms with Crippen LogP contribution in [0.15, 0.2) is 63.4 Å². The molecule has 0 bridgehead atoms. The van der Waals surface area contributed by atoms with Crippen molar-refractivity contribution in [2.75, 3.05) is 21.3 Å². The molecule has 4 rings (SSSR count). The number of ketones is 1. The number of halogens is 1. The molecule has 2 aromatic carbocycles. The SMILES string of the molecule is COC(=O)C1=C(C)NC2=C(C(=O)C[C@@H](c3ccc(OC)cc3)C2)[C@@H]1c1cc(Br)c(O)c(OC)c1. The third-order valence-electron chi connectivity index (χ3n) is 6.42. The predicted molar refractivity (Wildman–Crippen MR) is 130 cm³/mol. The van der Waals surface area contributed by atoms with E-state index < -0.39 is 11.9 Å². The number of carbonyl (C=O) groups is 2. The monoisotopic (exact) mass is 527 g/mol. The van der Waals surface area contributed by atoms with Crippen molar-refractivity contribution in [2.24, 2.45) is 0 Å². The molecule has 2 aliphatic rings. The Balaban J connectivity index is 1.83. The van der Waals surface area contributed by atoms with Crippen LogP contribution in [0.3, 0.4) is 0 Å². The van der Waals surface area contributed by atoms with Crippen LogP contribution in [0.4, 0.5) is 0 Å². The minimum atomic E-state index is -0.654. The molecule has 0 saturated carbocycles. The van der Waals surface area contributed by atoms with Crippen molar-refractivity contribution in [3.63, 3.8) is 0 Å². The summed E-state index contributed by atoms with van der Waals surface area (Å²) in [4.78, 5) is 26.4. The molecule has 0 fully saturated rings. The van der Waals surface area contributed by atoms with Gasteiger partial charge in [-0.1, -0.05) is 12.1 Å². The Kier molecular flexibility index (Phi) is 6.70. The van der Waals surface area contributed by atoms with E-state index in [1.165, 1.54) is 14.2 Å². The van der Waals surface area contributed by atoms with E-state index in [2.05, 4.69) is 21.2 Å². The second-order valence-electron chi connectivity index (χ2n) is 8.34. The van der Waals surface area contributed by atoms with Crippen LogP contribution in [0.2, 0.25) is 0 Å². The van der Waals surface area contributed by atoms with E-state index in [-0.39, 0.29) is 23.2 Å². The van der Waals surface area contributed by atoms with Gasteiger partial charge in [0.15, 0.2) is 17.3 Å². The molecule has 7 nitrogen and oxygen atoms in total. The van der Waals surface area contributed by atoms with Crippen LogP contribution in [-0.4, -0.2) is 38.2 Å². The van der Waals surface area contributed by atoms with Gasteiger partial charge >= 0.3 is 5.97 Å². The molecule has 0 unspecified atom stereocenters. The number of rotatable bonds is 5. The van der Waals surface area contributed by atoms with Gasteiger partial charge in [0.1, 0.15) is 5.75 Å². The summed E-state index contributed by atoms with van der Waals surface area (Å²) in [5, 5.41) is 13.6. The number of dihydropyridines is 1. The molecule has 0 saturated heterocycles. The summed E-state index contributed by atoms with van der Waals surface area (Å²) < 4.78 is 16.1. The Labute approximate surface area is 206 Å². The van der Waals surface area contributed by atoms with E-state index in [0.29, 0.717) is 39.7 Å². The van der Waals surface area contributed by atoms with Crippen LogP contribution in [0, 0.1) is 0 Å². The molecule has 178 valence electrons. The van der Waals surface area contributed by atoms with Crippen molar-refractivity contribution in [3.8, 4) is 17.2 Å². The van der Waals surface area contributed by atoms with Crippen molar-refractivity contribution in [2.45, 2.75) is 31.6 Å². The van der Waals surface area contributed by atoms with Crippen molar-refractivity contribution >= 4 is 27.7 Å². The van der Waals surface area contributed by atoms with Crippen LogP contribution >= 0.6 is 15.9 Å². The summed E-state index contributed by atoms with van der Waals surface area (Å²) >= 11 is 3.36. The van der Waals surface area contributed by atoms with Crippen LogP contribution < -0.4 is 14.8 Å². The second kappa shape index (κ2) is 9.54. The van der Waals surface area contributed by atoms with Gasteiger partial charge in [-0.15, -0.1) is 0 Å². The fourth-order valence-corrected chi connectivity index (χ4v) is 5.24. The first-order valence-corrected chi connectivity index (χ1v) is 11.6.